The summed E-state index contributed by atoms with van der Waals surface area (Å²) in [6.07, 6.45) is 3.45. The molecule has 1 atom stereocenters. The second-order valence-corrected chi connectivity index (χ2v) is 5.32. The maximum absolute atomic E-state index is 5.49. The summed E-state index contributed by atoms with van der Waals surface area (Å²) in [4.78, 5) is 4.49. The molecular formula is C12H24N2OS. The maximum atomic E-state index is 5.49. The number of aliphatic imine (C=N–C) groups is 1. The van der Waals surface area contributed by atoms with Crippen LogP contribution in [0.25, 0.3) is 0 Å². The number of hydrogen-bond donors (Lipinski definition) is 1. The number of unbranched alkanes of at least 4 members (excludes halogenated alkanes) is 1. The van der Waals surface area contributed by atoms with Crippen LogP contribution in [0.4, 0.5) is 0 Å². The van der Waals surface area contributed by atoms with Gasteiger partial charge in [0.15, 0.2) is 5.17 Å². The molecule has 0 spiro atoms. The van der Waals surface area contributed by atoms with Crippen molar-refractivity contribution in [3.05, 3.63) is 0 Å². The first kappa shape index (κ1) is 13.8. The smallest absolute Gasteiger partial charge is 0.156 e. The van der Waals surface area contributed by atoms with E-state index in [0.29, 0.717) is 0 Å². The van der Waals surface area contributed by atoms with Crippen molar-refractivity contribution >= 4 is 16.9 Å². The molecule has 1 heterocycles. The molecule has 1 aliphatic rings. The Morgan fingerprint density at radius 2 is 2.25 bits per heavy atom. The number of amidine groups is 1. The van der Waals surface area contributed by atoms with Crippen LogP contribution in [0.2, 0.25) is 0 Å². The Morgan fingerprint density at radius 1 is 1.44 bits per heavy atom. The maximum Gasteiger partial charge on any atom is 0.156 e. The molecule has 94 valence electrons. The van der Waals surface area contributed by atoms with Gasteiger partial charge in [-0.15, -0.1) is 0 Å². The lowest BCUT2D eigenvalue weighted by molar-refractivity contribution is 0.129. The predicted molar refractivity (Wildman–Crippen MR) is 72.3 cm³/mol. The van der Waals surface area contributed by atoms with Crippen molar-refractivity contribution in [2.45, 2.75) is 33.1 Å². The van der Waals surface area contributed by atoms with Crippen molar-refractivity contribution in [3.63, 3.8) is 0 Å². The summed E-state index contributed by atoms with van der Waals surface area (Å²) >= 11 is 1.84. The molecule has 4 heteroatoms. The fourth-order valence-electron chi connectivity index (χ4n) is 1.38. The Kier molecular flexibility index (Phi) is 7.68. The van der Waals surface area contributed by atoms with E-state index in [1.165, 1.54) is 18.6 Å². The minimum absolute atomic E-state index is 0.730. The second kappa shape index (κ2) is 8.88. The molecule has 1 aliphatic heterocycles. The van der Waals surface area contributed by atoms with E-state index in [-0.39, 0.29) is 0 Å². The number of nitrogens with one attached hydrogen (secondary N) is 1. The highest BCUT2D eigenvalue weighted by Crippen LogP contribution is 2.15. The van der Waals surface area contributed by atoms with Crippen molar-refractivity contribution in [2.24, 2.45) is 10.9 Å². The van der Waals surface area contributed by atoms with Crippen LogP contribution in [-0.4, -0.2) is 37.2 Å². The second-order valence-electron chi connectivity index (χ2n) is 4.31. The van der Waals surface area contributed by atoms with Crippen LogP contribution in [0.3, 0.4) is 0 Å². The molecule has 0 fully saturated rings. The van der Waals surface area contributed by atoms with Gasteiger partial charge in [-0.2, -0.15) is 0 Å². The van der Waals surface area contributed by atoms with E-state index in [2.05, 4.69) is 24.2 Å². The highest BCUT2D eigenvalue weighted by atomic mass is 32.2. The zero-order valence-corrected chi connectivity index (χ0v) is 11.3. The average Bonchev–Trinajstić information content (AvgIpc) is 2.30. The fraction of sp³-hybridized carbons (Fsp3) is 0.917. The van der Waals surface area contributed by atoms with Gasteiger partial charge in [-0.1, -0.05) is 32.0 Å². The van der Waals surface area contributed by atoms with Gasteiger partial charge < -0.3 is 10.1 Å². The first-order valence-electron chi connectivity index (χ1n) is 6.31. The third-order valence-corrected chi connectivity index (χ3v) is 3.72. The number of thioether (sulfide) groups is 1. The lowest BCUT2D eigenvalue weighted by Gasteiger charge is -2.17. The SMILES string of the molecule is CCCCOCCCNC1=NCC(C)CS1. The van der Waals surface area contributed by atoms with Crippen LogP contribution in [-0.2, 0) is 4.74 Å². The minimum atomic E-state index is 0.730. The van der Waals surface area contributed by atoms with Crippen LogP contribution >= 0.6 is 11.8 Å². The van der Waals surface area contributed by atoms with Gasteiger partial charge >= 0.3 is 0 Å². The van der Waals surface area contributed by atoms with Crippen molar-refractivity contribution in [3.8, 4) is 0 Å². The lowest BCUT2D eigenvalue weighted by atomic mass is 10.2. The normalized spacial score (nSPS) is 20.6. The summed E-state index contributed by atoms with van der Waals surface area (Å²) in [6, 6.07) is 0. The summed E-state index contributed by atoms with van der Waals surface area (Å²) in [5.41, 5.74) is 0. The largest absolute Gasteiger partial charge is 0.381 e. The van der Waals surface area contributed by atoms with Gasteiger partial charge in [-0.05, 0) is 18.8 Å². The van der Waals surface area contributed by atoms with E-state index in [0.717, 1.165) is 43.8 Å². The third kappa shape index (κ3) is 6.38. The van der Waals surface area contributed by atoms with Gasteiger partial charge in [0.25, 0.3) is 0 Å². The van der Waals surface area contributed by atoms with Crippen LogP contribution in [0, 0.1) is 5.92 Å². The molecule has 1 rings (SSSR count). The first-order valence-corrected chi connectivity index (χ1v) is 7.30. The van der Waals surface area contributed by atoms with Crippen molar-refractivity contribution in [1.82, 2.24) is 5.32 Å². The van der Waals surface area contributed by atoms with Crippen molar-refractivity contribution in [2.75, 3.05) is 32.1 Å². The summed E-state index contributed by atoms with van der Waals surface area (Å²) in [7, 11) is 0. The van der Waals surface area contributed by atoms with Crippen LogP contribution in [0.5, 0.6) is 0 Å². The molecule has 0 radical (unpaired) electrons. The minimum Gasteiger partial charge on any atom is -0.381 e. The molecule has 0 amide bonds. The van der Waals surface area contributed by atoms with Crippen LogP contribution < -0.4 is 5.32 Å². The Balaban J connectivity index is 1.91. The molecule has 16 heavy (non-hydrogen) atoms. The predicted octanol–water partition coefficient (Wildman–Crippen LogP) is 2.52. The summed E-state index contributed by atoms with van der Waals surface area (Å²) in [5, 5.41) is 4.48. The van der Waals surface area contributed by atoms with Gasteiger partial charge in [0.1, 0.15) is 0 Å². The molecule has 0 aromatic rings. The van der Waals surface area contributed by atoms with Gasteiger partial charge in [0.2, 0.25) is 0 Å². The monoisotopic (exact) mass is 244 g/mol. The molecule has 0 saturated carbocycles. The fourth-order valence-corrected chi connectivity index (χ4v) is 2.30. The zero-order valence-electron chi connectivity index (χ0n) is 10.5. The molecule has 3 nitrogen and oxygen atoms in total. The molecule has 1 N–H and O–H groups in total. The molecule has 1 unspecified atom stereocenters. The number of nitrogens with zero attached hydrogens (tertiary/aromatic N) is 1. The van der Waals surface area contributed by atoms with E-state index >= 15 is 0 Å². The Hall–Kier alpha value is -0.220. The Labute approximate surface area is 103 Å². The van der Waals surface area contributed by atoms with Gasteiger partial charge in [0, 0.05) is 32.1 Å². The van der Waals surface area contributed by atoms with E-state index in [1.807, 2.05) is 11.8 Å². The summed E-state index contributed by atoms with van der Waals surface area (Å²) < 4.78 is 5.49. The Bertz CT molecular complexity index is 209. The van der Waals surface area contributed by atoms with E-state index in [4.69, 9.17) is 4.74 Å². The van der Waals surface area contributed by atoms with E-state index in [9.17, 15) is 0 Å². The van der Waals surface area contributed by atoms with E-state index < -0.39 is 0 Å². The van der Waals surface area contributed by atoms with E-state index in [1.54, 1.807) is 0 Å². The molecule has 0 aromatic heterocycles. The third-order valence-electron chi connectivity index (χ3n) is 2.44. The van der Waals surface area contributed by atoms with Crippen molar-refractivity contribution < 1.29 is 4.74 Å². The first-order chi connectivity index (χ1) is 7.83. The highest BCUT2D eigenvalue weighted by Gasteiger charge is 2.10. The molecule has 0 saturated heterocycles. The molecule has 0 aliphatic carbocycles. The number of hydrogen-bond acceptors (Lipinski definition) is 4. The summed E-state index contributed by atoms with van der Waals surface area (Å²) in [6.45, 7) is 8.15. The molecule has 0 aromatic carbocycles. The number of ether oxygens (including phenoxy) is 1. The van der Waals surface area contributed by atoms with Crippen LogP contribution in [0.15, 0.2) is 4.99 Å². The standard InChI is InChI=1S/C12H24N2OS/c1-3-4-7-15-8-5-6-13-12-14-9-11(2)10-16-12/h11H,3-10H2,1-2H3,(H,13,14). The average molecular weight is 244 g/mol. The highest BCUT2D eigenvalue weighted by molar-refractivity contribution is 8.13. The summed E-state index contributed by atoms with van der Waals surface area (Å²) in [5.74, 6) is 1.92. The van der Waals surface area contributed by atoms with Gasteiger partial charge in [-0.3, -0.25) is 4.99 Å². The van der Waals surface area contributed by atoms with Crippen molar-refractivity contribution in [1.29, 1.82) is 0 Å². The van der Waals surface area contributed by atoms with Gasteiger partial charge in [-0.25, -0.2) is 0 Å². The quantitative estimate of drug-likeness (QED) is 0.699. The molecular weight excluding hydrogens is 220 g/mol. The topological polar surface area (TPSA) is 33.6 Å². The zero-order chi connectivity index (χ0) is 11.6. The Morgan fingerprint density at radius 3 is 2.94 bits per heavy atom. The van der Waals surface area contributed by atoms with Crippen LogP contribution in [0.1, 0.15) is 33.1 Å². The number of rotatable bonds is 7. The lowest BCUT2D eigenvalue weighted by Crippen LogP contribution is -2.27. The molecule has 0 bridgehead atoms. The van der Waals surface area contributed by atoms with Gasteiger partial charge in [0.05, 0.1) is 0 Å².